The number of nitrogens with zero attached hydrogens (tertiary/aromatic N) is 1. The van der Waals surface area contributed by atoms with Gasteiger partial charge in [-0.3, -0.25) is 4.90 Å². The van der Waals surface area contributed by atoms with Crippen LogP contribution in [0, 0.1) is 5.92 Å². The van der Waals surface area contributed by atoms with Crippen LogP contribution in [0.2, 0.25) is 0 Å². The van der Waals surface area contributed by atoms with Crippen molar-refractivity contribution in [1.29, 1.82) is 0 Å². The van der Waals surface area contributed by atoms with E-state index in [4.69, 9.17) is 0 Å². The molecule has 2 aliphatic rings. The van der Waals surface area contributed by atoms with Crippen LogP contribution in [0.3, 0.4) is 0 Å². The standard InChI is InChI=1S/C11H22N2/c1-3-12-10-4-5-13(8-10)11-6-9(2)7-11/h9-12H,3-8H2,1-2H3. The van der Waals surface area contributed by atoms with Gasteiger partial charge in [0.05, 0.1) is 0 Å². The van der Waals surface area contributed by atoms with Crippen LogP contribution in [0.4, 0.5) is 0 Å². The van der Waals surface area contributed by atoms with Crippen LogP contribution >= 0.6 is 0 Å². The second kappa shape index (κ2) is 3.97. The van der Waals surface area contributed by atoms with E-state index < -0.39 is 0 Å². The van der Waals surface area contributed by atoms with Gasteiger partial charge in [0.25, 0.3) is 0 Å². The predicted octanol–water partition coefficient (Wildman–Crippen LogP) is 1.47. The Labute approximate surface area is 81.7 Å². The summed E-state index contributed by atoms with van der Waals surface area (Å²) >= 11 is 0. The molecule has 0 spiro atoms. The highest BCUT2D eigenvalue weighted by Crippen LogP contribution is 2.32. The molecule has 1 unspecified atom stereocenters. The maximum atomic E-state index is 3.55. The Morgan fingerprint density at radius 3 is 2.77 bits per heavy atom. The van der Waals surface area contributed by atoms with Gasteiger partial charge in [0.2, 0.25) is 0 Å². The van der Waals surface area contributed by atoms with Crippen LogP contribution in [0.5, 0.6) is 0 Å². The molecule has 0 bridgehead atoms. The molecule has 0 aromatic heterocycles. The van der Waals surface area contributed by atoms with Crippen molar-refractivity contribution in [1.82, 2.24) is 10.2 Å². The van der Waals surface area contributed by atoms with Crippen LogP contribution in [0.25, 0.3) is 0 Å². The Balaban J connectivity index is 1.72. The molecule has 1 aliphatic heterocycles. The lowest BCUT2D eigenvalue weighted by molar-refractivity contribution is 0.107. The molecule has 0 aromatic carbocycles. The summed E-state index contributed by atoms with van der Waals surface area (Å²) < 4.78 is 0. The monoisotopic (exact) mass is 182 g/mol. The molecule has 0 amide bonds. The number of likely N-dealkylation sites (N-methyl/N-ethyl adjacent to an activating group) is 1. The summed E-state index contributed by atoms with van der Waals surface area (Å²) in [6.07, 6.45) is 4.25. The highest BCUT2D eigenvalue weighted by Gasteiger charge is 2.34. The first-order chi connectivity index (χ1) is 6.29. The van der Waals surface area contributed by atoms with Gasteiger partial charge in [-0.1, -0.05) is 13.8 Å². The minimum Gasteiger partial charge on any atom is -0.313 e. The van der Waals surface area contributed by atoms with E-state index >= 15 is 0 Å². The lowest BCUT2D eigenvalue weighted by atomic mass is 9.81. The fourth-order valence-corrected chi connectivity index (χ4v) is 2.73. The molecule has 2 heteroatoms. The maximum Gasteiger partial charge on any atom is 0.0207 e. The lowest BCUT2D eigenvalue weighted by Gasteiger charge is -2.39. The second-order valence-corrected chi connectivity index (χ2v) is 4.77. The maximum absolute atomic E-state index is 3.55. The SMILES string of the molecule is CCNC1CCN(C2CC(C)C2)C1. The summed E-state index contributed by atoms with van der Waals surface area (Å²) in [4.78, 5) is 2.69. The predicted molar refractivity (Wildman–Crippen MR) is 55.8 cm³/mol. The first kappa shape index (κ1) is 9.47. The van der Waals surface area contributed by atoms with Crippen molar-refractivity contribution in [2.24, 2.45) is 5.92 Å². The Morgan fingerprint density at radius 2 is 2.15 bits per heavy atom. The average Bonchev–Trinajstić information content (AvgIpc) is 2.48. The fraction of sp³-hybridized carbons (Fsp3) is 1.00. The normalized spacial score (nSPS) is 40.6. The summed E-state index contributed by atoms with van der Waals surface area (Å²) in [5.74, 6) is 0.989. The molecule has 1 atom stereocenters. The van der Waals surface area contributed by atoms with Crippen molar-refractivity contribution in [3.63, 3.8) is 0 Å². The summed E-state index contributed by atoms with van der Waals surface area (Å²) in [7, 11) is 0. The van der Waals surface area contributed by atoms with E-state index in [9.17, 15) is 0 Å². The van der Waals surface area contributed by atoms with Crippen molar-refractivity contribution >= 4 is 0 Å². The van der Waals surface area contributed by atoms with Crippen LogP contribution in [0.1, 0.15) is 33.1 Å². The summed E-state index contributed by atoms with van der Waals surface area (Å²) in [6.45, 7) is 8.32. The molecular weight excluding hydrogens is 160 g/mol. The van der Waals surface area contributed by atoms with Crippen LogP contribution in [-0.2, 0) is 0 Å². The van der Waals surface area contributed by atoms with Gasteiger partial charge in [-0.2, -0.15) is 0 Å². The zero-order valence-corrected chi connectivity index (χ0v) is 8.92. The largest absolute Gasteiger partial charge is 0.313 e. The number of rotatable bonds is 3. The smallest absolute Gasteiger partial charge is 0.0207 e. The molecule has 13 heavy (non-hydrogen) atoms. The van der Waals surface area contributed by atoms with Gasteiger partial charge in [-0.05, 0) is 31.7 Å². The molecule has 2 rings (SSSR count). The molecule has 1 saturated carbocycles. The van der Waals surface area contributed by atoms with Crippen molar-refractivity contribution in [3.05, 3.63) is 0 Å². The van der Waals surface area contributed by atoms with Gasteiger partial charge in [0, 0.05) is 25.2 Å². The number of hydrogen-bond donors (Lipinski definition) is 1. The molecule has 1 heterocycles. The molecule has 2 fully saturated rings. The van der Waals surface area contributed by atoms with Gasteiger partial charge in [0.1, 0.15) is 0 Å². The quantitative estimate of drug-likeness (QED) is 0.711. The average molecular weight is 182 g/mol. The summed E-state index contributed by atoms with van der Waals surface area (Å²) in [5, 5.41) is 3.55. The minimum absolute atomic E-state index is 0.779. The number of hydrogen-bond acceptors (Lipinski definition) is 2. The van der Waals surface area contributed by atoms with E-state index in [1.54, 1.807) is 0 Å². The van der Waals surface area contributed by atoms with Crippen molar-refractivity contribution in [3.8, 4) is 0 Å². The highest BCUT2D eigenvalue weighted by molar-refractivity contribution is 4.91. The van der Waals surface area contributed by atoms with Gasteiger partial charge in [0.15, 0.2) is 0 Å². The van der Waals surface area contributed by atoms with Crippen molar-refractivity contribution < 1.29 is 0 Å². The zero-order valence-electron chi connectivity index (χ0n) is 8.92. The molecule has 76 valence electrons. The highest BCUT2D eigenvalue weighted by atomic mass is 15.2. The zero-order chi connectivity index (χ0) is 9.26. The van der Waals surface area contributed by atoms with E-state index in [2.05, 4.69) is 24.1 Å². The third kappa shape index (κ3) is 2.05. The summed E-state index contributed by atoms with van der Waals surface area (Å²) in [5.41, 5.74) is 0. The Hall–Kier alpha value is -0.0800. The Morgan fingerprint density at radius 1 is 1.38 bits per heavy atom. The van der Waals surface area contributed by atoms with Crippen molar-refractivity contribution in [2.45, 2.75) is 45.2 Å². The minimum atomic E-state index is 0.779. The van der Waals surface area contributed by atoms with Crippen LogP contribution in [0.15, 0.2) is 0 Å². The third-order valence-corrected chi connectivity index (χ3v) is 3.58. The van der Waals surface area contributed by atoms with Crippen LogP contribution < -0.4 is 5.32 Å². The Kier molecular flexibility index (Phi) is 2.89. The van der Waals surface area contributed by atoms with E-state index in [1.807, 2.05) is 0 Å². The molecular formula is C11H22N2. The molecule has 1 saturated heterocycles. The van der Waals surface area contributed by atoms with E-state index in [0.29, 0.717) is 0 Å². The topological polar surface area (TPSA) is 15.3 Å². The molecule has 0 aromatic rings. The third-order valence-electron chi connectivity index (χ3n) is 3.58. The van der Waals surface area contributed by atoms with E-state index in [1.165, 1.54) is 32.4 Å². The molecule has 0 radical (unpaired) electrons. The fourth-order valence-electron chi connectivity index (χ4n) is 2.73. The molecule has 2 nitrogen and oxygen atoms in total. The van der Waals surface area contributed by atoms with Gasteiger partial charge < -0.3 is 5.32 Å². The van der Waals surface area contributed by atoms with E-state index in [0.717, 1.165) is 24.5 Å². The van der Waals surface area contributed by atoms with Crippen molar-refractivity contribution in [2.75, 3.05) is 19.6 Å². The number of nitrogens with one attached hydrogen (secondary N) is 1. The van der Waals surface area contributed by atoms with Gasteiger partial charge in [-0.25, -0.2) is 0 Å². The first-order valence-electron chi connectivity index (χ1n) is 5.77. The van der Waals surface area contributed by atoms with E-state index in [-0.39, 0.29) is 0 Å². The first-order valence-corrected chi connectivity index (χ1v) is 5.77. The van der Waals surface area contributed by atoms with Gasteiger partial charge in [-0.15, -0.1) is 0 Å². The molecule has 1 aliphatic carbocycles. The summed E-state index contributed by atoms with van der Waals surface area (Å²) in [6, 6.07) is 1.71. The lowest BCUT2D eigenvalue weighted by Crippen LogP contribution is -2.44. The number of likely N-dealkylation sites (tertiary alicyclic amines) is 1. The molecule has 1 N–H and O–H groups in total. The second-order valence-electron chi connectivity index (χ2n) is 4.77. The Bertz CT molecular complexity index is 163. The van der Waals surface area contributed by atoms with Crippen LogP contribution in [-0.4, -0.2) is 36.6 Å². The van der Waals surface area contributed by atoms with Gasteiger partial charge >= 0.3 is 0 Å².